The van der Waals surface area contributed by atoms with Crippen LogP contribution in [0.25, 0.3) is 5.57 Å². The smallest absolute Gasteiger partial charge is 0.0798 e. The van der Waals surface area contributed by atoms with Gasteiger partial charge in [0, 0.05) is 0 Å². The van der Waals surface area contributed by atoms with Gasteiger partial charge >= 0.3 is 0 Å². The quantitative estimate of drug-likeness (QED) is 0.741. The highest BCUT2D eigenvalue weighted by molar-refractivity contribution is 5.76. The van der Waals surface area contributed by atoms with E-state index in [0.717, 1.165) is 19.3 Å². The summed E-state index contributed by atoms with van der Waals surface area (Å²) in [6.45, 7) is 3.95. The second-order valence-corrected chi connectivity index (χ2v) is 5.38. The molecule has 0 bridgehead atoms. The number of aliphatic hydroxyl groups excluding tert-OH is 1. The molecular formula is C17H20O. The summed E-state index contributed by atoms with van der Waals surface area (Å²) in [5.41, 5.74) is 5.31. The molecule has 2 aliphatic rings. The number of rotatable bonds is 1. The molecule has 0 spiro atoms. The van der Waals surface area contributed by atoms with Crippen LogP contribution in [-0.2, 0) is 6.42 Å². The van der Waals surface area contributed by atoms with Crippen molar-refractivity contribution in [1.82, 2.24) is 0 Å². The average Bonchev–Trinajstić information content (AvgIpc) is 2.86. The summed E-state index contributed by atoms with van der Waals surface area (Å²) >= 11 is 0. The van der Waals surface area contributed by atoms with Crippen molar-refractivity contribution < 1.29 is 5.11 Å². The lowest BCUT2D eigenvalue weighted by atomic mass is 9.80. The molecule has 1 heteroatoms. The molecule has 18 heavy (non-hydrogen) atoms. The van der Waals surface area contributed by atoms with E-state index in [0.29, 0.717) is 5.92 Å². The van der Waals surface area contributed by atoms with Crippen molar-refractivity contribution in [2.75, 3.05) is 0 Å². The van der Waals surface area contributed by atoms with Gasteiger partial charge in [0.2, 0.25) is 0 Å². The molecular weight excluding hydrogens is 220 g/mol. The van der Waals surface area contributed by atoms with Crippen molar-refractivity contribution in [2.24, 2.45) is 5.92 Å². The molecule has 0 radical (unpaired) electrons. The molecule has 1 saturated carbocycles. The van der Waals surface area contributed by atoms with Crippen LogP contribution in [0.3, 0.4) is 0 Å². The number of hydrogen-bond donors (Lipinski definition) is 1. The summed E-state index contributed by atoms with van der Waals surface area (Å²) in [5.74, 6) is 0.473. The van der Waals surface area contributed by atoms with Gasteiger partial charge in [-0.15, -0.1) is 6.58 Å². The summed E-state index contributed by atoms with van der Waals surface area (Å²) < 4.78 is 0. The second kappa shape index (κ2) is 4.74. The van der Waals surface area contributed by atoms with E-state index in [9.17, 15) is 5.11 Å². The lowest BCUT2D eigenvalue weighted by Crippen LogP contribution is -2.20. The minimum Gasteiger partial charge on any atom is -0.388 e. The molecule has 0 heterocycles. The Morgan fingerprint density at radius 2 is 2.00 bits per heavy atom. The minimum atomic E-state index is -0.282. The highest BCUT2D eigenvalue weighted by Crippen LogP contribution is 2.42. The van der Waals surface area contributed by atoms with Crippen LogP contribution in [0, 0.1) is 5.92 Å². The van der Waals surface area contributed by atoms with Crippen molar-refractivity contribution in [3.05, 3.63) is 53.6 Å². The first-order chi connectivity index (χ1) is 8.81. The number of aliphatic hydroxyl groups is 1. The van der Waals surface area contributed by atoms with Gasteiger partial charge in [-0.3, -0.25) is 0 Å². The molecule has 0 amide bonds. The molecule has 1 aromatic rings. The zero-order valence-corrected chi connectivity index (χ0v) is 10.7. The van der Waals surface area contributed by atoms with E-state index >= 15 is 0 Å². The highest BCUT2D eigenvalue weighted by Gasteiger charge is 2.29. The fourth-order valence-corrected chi connectivity index (χ4v) is 3.47. The molecule has 94 valence electrons. The summed E-state index contributed by atoms with van der Waals surface area (Å²) in [5, 5.41) is 10.4. The fourth-order valence-electron chi connectivity index (χ4n) is 3.47. The Labute approximate surface area is 109 Å². The number of fused-ring (bicyclic) bond motifs is 1. The average molecular weight is 240 g/mol. The van der Waals surface area contributed by atoms with Crippen molar-refractivity contribution in [3.63, 3.8) is 0 Å². The maximum Gasteiger partial charge on any atom is 0.0798 e. The van der Waals surface area contributed by atoms with E-state index in [1.165, 1.54) is 35.1 Å². The summed E-state index contributed by atoms with van der Waals surface area (Å²) in [6.07, 6.45) is 7.17. The normalized spacial score (nSPS) is 31.2. The molecule has 1 N–H and O–H groups in total. The van der Waals surface area contributed by atoms with Crippen molar-refractivity contribution in [3.8, 4) is 0 Å². The predicted molar refractivity (Wildman–Crippen MR) is 75.2 cm³/mol. The molecule has 2 aliphatic carbocycles. The number of hydrogen-bond acceptors (Lipinski definition) is 1. The zero-order valence-electron chi connectivity index (χ0n) is 10.7. The van der Waals surface area contributed by atoms with Gasteiger partial charge in [-0.1, -0.05) is 35.9 Å². The van der Waals surface area contributed by atoms with Crippen molar-refractivity contribution >= 4 is 5.57 Å². The maximum atomic E-state index is 10.4. The Hall–Kier alpha value is -1.34. The molecule has 2 unspecified atom stereocenters. The van der Waals surface area contributed by atoms with E-state index in [4.69, 9.17) is 0 Å². The van der Waals surface area contributed by atoms with Crippen molar-refractivity contribution in [2.45, 2.75) is 38.2 Å². The Morgan fingerprint density at radius 1 is 1.17 bits per heavy atom. The first kappa shape index (κ1) is 11.7. The van der Waals surface area contributed by atoms with Crippen LogP contribution in [0.4, 0.5) is 0 Å². The van der Waals surface area contributed by atoms with E-state index in [1.54, 1.807) is 0 Å². The Kier molecular flexibility index (Phi) is 3.09. The fraction of sp³-hybridized carbons (Fsp3) is 0.412. The monoisotopic (exact) mass is 240 g/mol. The molecule has 2 atom stereocenters. The third-order valence-electron chi connectivity index (χ3n) is 4.37. The van der Waals surface area contributed by atoms with Gasteiger partial charge in [-0.2, -0.15) is 0 Å². The van der Waals surface area contributed by atoms with Crippen molar-refractivity contribution in [1.29, 1.82) is 0 Å². The predicted octanol–water partition coefficient (Wildman–Crippen LogP) is 3.73. The van der Waals surface area contributed by atoms with E-state index in [2.05, 4.69) is 36.9 Å². The summed E-state index contributed by atoms with van der Waals surface area (Å²) in [4.78, 5) is 0. The van der Waals surface area contributed by atoms with Crippen LogP contribution in [0.15, 0.2) is 42.5 Å². The molecule has 0 aromatic heterocycles. The van der Waals surface area contributed by atoms with Gasteiger partial charge in [-0.25, -0.2) is 0 Å². The number of aryl methyl sites for hydroxylation is 1. The van der Waals surface area contributed by atoms with Gasteiger partial charge in [0.15, 0.2) is 0 Å². The van der Waals surface area contributed by atoms with Crippen LogP contribution in [0.1, 0.15) is 36.8 Å². The standard InChI is InChI=1S/C17H20O/c1-2-12-7-5-9-14(12)17-15-8-4-3-6-13(15)10-11-16(17)18/h2-4,6,8,12,16,18H,1,5,7,9-11H2/b17-14-. The molecule has 1 fully saturated rings. The minimum absolute atomic E-state index is 0.282. The van der Waals surface area contributed by atoms with E-state index in [1.807, 2.05) is 0 Å². The SMILES string of the molecule is C=CC1CCC/C1=C1\c2ccccc2CCC1O. The summed E-state index contributed by atoms with van der Waals surface area (Å²) in [7, 11) is 0. The third-order valence-corrected chi connectivity index (χ3v) is 4.37. The topological polar surface area (TPSA) is 20.2 Å². The lowest BCUT2D eigenvalue weighted by molar-refractivity contribution is 0.217. The Balaban J connectivity index is 2.15. The first-order valence-corrected chi connectivity index (χ1v) is 6.93. The molecule has 3 rings (SSSR count). The highest BCUT2D eigenvalue weighted by atomic mass is 16.3. The maximum absolute atomic E-state index is 10.4. The number of benzene rings is 1. The van der Waals surface area contributed by atoms with Gasteiger partial charge in [0.05, 0.1) is 6.10 Å². The van der Waals surface area contributed by atoms with Crippen LogP contribution in [0.5, 0.6) is 0 Å². The van der Waals surface area contributed by atoms with Crippen LogP contribution >= 0.6 is 0 Å². The second-order valence-electron chi connectivity index (χ2n) is 5.38. The Bertz CT molecular complexity index is 498. The van der Waals surface area contributed by atoms with Gasteiger partial charge in [-0.05, 0) is 54.7 Å². The van der Waals surface area contributed by atoms with Gasteiger partial charge in [0.25, 0.3) is 0 Å². The molecule has 0 aliphatic heterocycles. The largest absolute Gasteiger partial charge is 0.388 e. The molecule has 1 aromatic carbocycles. The lowest BCUT2D eigenvalue weighted by Gasteiger charge is -2.27. The van der Waals surface area contributed by atoms with E-state index < -0.39 is 0 Å². The summed E-state index contributed by atoms with van der Waals surface area (Å²) in [6, 6.07) is 8.53. The van der Waals surface area contributed by atoms with Crippen LogP contribution in [0.2, 0.25) is 0 Å². The van der Waals surface area contributed by atoms with Crippen LogP contribution in [-0.4, -0.2) is 11.2 Å². The van der Waals surface area contributed by atoms with E-state index in [-0.39, 0.29) is 6.10 Å². The van der Waals surface area contributed by atoms with Gasteiger partial charge < -0.3 is 5.11 Å². The molecule has 0 saturated heterocycles. The zero-order chi connectivity index (χ0) is 12.5. The first-order valence-electron chi connectivity index (χ1n) is 6.93. The molecule has 1 nitrogen and oxygen atoms in total. The Morgan fingerprint density at radius 3 is 2.83 bits per heavy atom. The third kappa shape index (κ3) is 1.83. The number of allylic oxidation sites excluding steroid dienone is 2. The van der Waals surface area contributed by atoms with Gasteiger partial charge in [0.1, 0.15) is 0 Å². The van der Waals surface area contributed by atoms with Crippen LogP contribution < -0.4 is 0 Å².